The van der Waals surface area contributed by atoms with E-state index in [9.17, 15) is 4.79 Å². The van der Waals surface area contributed by atoms with Crippen LogP contribution in [-0.2, 0) is 6.54 Å². The molecule has 1 aromatic heterocycles. The van der Waals surface area contributed by atoms with Gasteiger partial charge < -0.3 is 10.1 Å². The van der Waals surface area contributed by atoms with Crippen molar-refractivity contribution in [3.8, 4) is 28.3 Å². The van der Waals surface area contributed by atoms with Crippen molar-refractivity contribution in [2.75, 3.05) is 20.2 Å². The number of hydrogen-bond donors (Lipinski definition) is 1. The molecule has 0 amide bonds. The summed E-state index contributed by atoms with van der Waals surface area (Å²) in [5, 5.41) is 4.76. The van der Waals surface area contributed by atoms with E-state index >= 15 is 0 Å². The Morgan fingerprint density at radius 3 is 2.64 bits per heavy atom. The highest BCUT2D eigenvalue weighted by atomic mass is 35.5. The number of piperidine rings is 1. The average molecular weight is 460 g/mol. The van der Waals surface area contributed by atoms with Gasteiger partial charge in [-0.15, -0.1) is 0 Å². The van der Waals surface area contributed by atoms with Crippen LogP contribution in [-0.4, -0.2) is 29.8 Å². The van der Waals surface area contributed by atoms with Gasteiger partial charge in [0.15, 0.2) is 0 Å². The minimum atomic E-state index is -0.0257. The zero-order chi connectivity index (χ0) is 22.8. The summed E-state index contributed by atoms with van der Waals surface area (Å²) in [6, 6.07) is 21.3. The predicted octanol–water partition coefficient (Wildman–Crippen LogP) is 5.39. The third-order valence-corrected chi connectivity index (χ3v) is 6.57. The lowest BCUT2D eigenvalue weighted by Gasteiger charge is -2.25. The second-order valence-electron chi connectivity index (χ2n) is 8.50. The van der Waals surface area contributed by atoms with Gasteiger partial charge >= 0.3 is 0 Å². The largest absolute Gasteiger partial charge is 0.496 e. The molecule has 1 atom stereocenters. The lowest BCUT2D eigenvalue weighted by Crippen LogP contribution is -2.35. The van der Waals surface area contributed by atoms with E-state index in [-0.39, 0.29) is 5.56 Å². The summed E-state index contributed by atoms with van der Waals surface area (Å²) < 4.78 is 7.44. The van der Waals surface area contributed by atoms with Crippen molar-refractivity contribution in [2.24, 2.45) is 5.92 Å². The molecule has 0 unspecified atom stereocenters. The fraction of sp³-hybridized carbons (Fsp3) is 0.259. The van der Waals surface area contributed by atoms with E-state index in [0.717, 1.165) is 42.6 Å². The Morgan fingerprint density at radius 1 is 1.09 bits per heavy atom. The molecule has 1 aliphatic heterocycles. The van der Waals surface area contributed by atoms with Gasteiger partial charge in [0.25, 0.3) is 5.56 Å². The number of fused-ring (bicyclic) bond motifs is 1. The van der Waals surface area contributed by atoms with Gasteiger partial charge in [-0.05, 0) is 79.4 Å². The number of nitrogens with zero attached hydrogens (tertiary/aromatic N) is 2. The van der Waals surface area contributed by atoms with Crippen LogP contribution >= 0.6 is 11.6 Å². The van der Waals surface area contributed by atoms with E-state index in [4.69, 9.17) is 21.3 Å². The first-order valence-electron chi connectivity index (χ1n) is 11.3. The molecular weight excluding hydrogens is 434 g/mol. The second kappa shape index (κ2) is 9.38. The maximum atomic E-state index is 13.9. The van der Waals surface area contributed by atoms with Crippen LogP contribution in [0.15, 0.2) is 71.5 Å². The number of methoxy groups -OCH3 is 1. The molecule has 168 valence electrons. The van der Waals surface area contributed by atoms with E-state index in [0.29, 0.717) is 40.0 Å². The fourth-order valence-electron chi connectivity index (χ4n) is 4.59. The standard InChI is InChI=1S/C27H26ClN3O2/c1-33-25-7-3-2-6-22(25)26-30-24-13-10-20(19-8-11-21(28)12-9-19)15-23(24)27(32)31(26)17-18-5-4-14-29-16-18/h2-3,6-13,15,18,29H,4-5,14,16-17H2,1H3/t18-/m1/s1. The van der Waals surface area contributed by atoms with E-state index in [1.54, 1.807) is 7.11 Å². The Balaban J connectivity index is 1.69. The molecule has 1 N–H and O–H groups in total. The number of para-hydroxylation sites is 1. The van der Waals surface area contributed by atoms with Crippen LogP contribution in [0.25, 0.3) is 33.4 Å². The number of aromatic nitrogens is 2. The average Bonchev–Trinajstić information content (AvgIpc) is 2.86. The maximum absolute atomic E-state index is 13.9. The third-order valence-electron chi connectivity index (χ3n) is 6.32. The molecule has 4 aromatic rings. The van der Waals surface area contributed by atoms with Crippen LogP contribution in [0.5, 0.6) is 5.75 Å². The molecule has 0 radical (unpaired) electrons. The van der Waals surface area contributed by atoms with Gasteiger partial charge in [0.05, 0.1) is 23.6 Å². The van der Waals surface area contributed by atoms with Gasteiger partial charge in [-0.3, -0.25) is 9.36 Å². The molecule has 6 heteroatoms. The molecular formula is C27H26ClN3O2. The summed E-state index contributed by atoms with van der Waals surface area (Å²) in [5.41, 5.74) is 3.45. The Labute approximate surface area is 198 Å². The first kappa shape index (κ1) is 21.7. The highest BCUT2D eigenvalue weighted by molar-refractivity contribution is 6.30. The van der Waals surface area contributed by atoms with Gasteiger partial charge in [-0.1, -0.05) is 41.9 Å². The summed E-state index contributed by atoms with van der Waals surface area (Å²) in [6.07, 6.45) is 2.21. The summed E-state index contributed by atoms with van der Waals surface area (Å²) in [6.45, 7) is 2.55. The molecule has 0 saturated carbocycles. The first-order chi connectivity index (χ1) is 16.1. The second-order valence-corrected chi connectivity index (χ2v) is 8.94. The minimum Gasteiger partial charge on any atom is -0.496 e. The quantitative estimate of drug-likeness (QED) is 0.434. The summed E-state index contributed by atoms with van der Waals surface area (Å²) in [5.74, 6) is 1.73. The molecule has 0 bridgehead atoms. The lowest BCUT2D eigenvalue weighted by atomic mass is 9.99. The van der Waals surface area contributed by atoms with Crippen LogP contribution < -0.4 is 15.6 Å². The molecule has 0 aliphatic carbocycles. The van der Waals surface area contributed by atoms with Crippen LogP contribution in [0.4, 0.5) is 0 Å². The van der Waals surface area contributed by atoms with E-state index < -0.39 is 0 Å². The van der Waals surface area contributed by atoms with Gasteiger partial charge in [-0.2, -0.15) is 0 Å². The third kappa shape index (κ3) is 4.39. The number of nitrogens with one attached hydrogen (secondary N) is 1. The first-order valence-corrected chi connectivity index (χ1v) is 11.7. The van der Waals surface area contributed by atoms with Crippen molar-refractivity contribution in [3.05, 3.63) is 82.1 Å². The van der Waals surface area contributed by atoms with Crippen molar-refractivity contribution in [1.29, 1.82) is 0 Å². The van der Waals surface area contributed by atoms with Crippen LogP contribution in [0, 0.1) is 5.92 Å². The molecule has 0 spiro atoms. The van der Waals surface area contributed by atoms with E-state index in [2.05, 4.69) is 5.32 Å². The molecule has 1 aliphatic rings. The number of halogens is 1. The van der Waals surface area contributed by atoms with E-state index in [1.165, 1.54) is 0 Å². The van der Waals surface area contributed by atoms with Gasteiger partial charge in [-0.25, -0.2) is 4.98 Å². The van der Waals surface area contributed by atoms with Crippen LogP contribution in [0.3, 0.4) is 0 Å². The Kier molecular flexibility index (Phi) is 6.16. The Hall–Kier alpha value is -3.15. The molecule has 5 rings (SSSR count). The molecule has 2 heterocycles. The van der Waals surface area contributed by atoms with Crippen LogP contribution in [0.1, 0.15) is 12.8 Å². The Bertz CT molecular complexity index is 1340. The Morgan fingerprint density at radius 2 is 1.88 bits per heavy atom. The van der Waals surface area contributed by atoms with Crippen molar-refractivity contribution < 1.29 is 4.74 Å². The number of benzene rings is 3. The molecule has 33 heavy (non-hydrogen) atoms. The van der Waals surface area contributed by atoms with Gasteiger partial charge in [0, 0.05) is 11.6 Å². The lowest BCUT2D eigenvalue weighted by molar-refractivity contribution is 0.334. The van der Waals surface area contributed by atoms with Crippen molar-refractivity contribution >= 4 is 22.5 Å². The van der Waals surface area contributed by atoms with E-state index in [1.807, 2.05) is 71.3 Å². The maximum Gasteiger partial charge on any atom is 0.261 e. The number of hydrogen-bond acceptors (Lipinski definition) is 4. The molecule has 1 fully saturated rings. The highest BCUT2D eigenvalue weighted by Crippen LogP contribution is 2.31. The summed E-state index contributed by atoms with van der Waals surface area (Å²) >= 11 is 6.05. The minimum absolute atomic E-state index is 0.0257. The van der Waals surface area contributed by atoms with Gasteiger partial charge in [0.1, 0.15) is 11.6 Å². The highest BCUT2D eigenvalue weighted by Gasteiger charge is 2.21. The van der Waals surface area contributed by atoms with Crippen molar-refractivity contribution in [1.82, 2.24) is 14.9 Å². The number of rotatable bonds is 5. The van der Waals surface area contributed by atoms with Gasteiger partial charge in [0.2, 0.25) is 0 Å². The fourth-order valence-corrected chi connectivity index (χ4v) is 4.71. The smallest absolute Gasteiger partial charge is 0.261 e. The number of ether oxygens (including phenoxy) is 1. The monoisotopic (exact) mass is 459 g/mol. The SMILES string of the molecule is COc1ccccc1-c1nc2ccc(-c3ccc(Cl)cc3)cc2c(=O)n1C[C@@H]1CCCNC1. The summed E-state index contributed by atoms with van der Waals surface area (Å²) in [7, 11) is 1.64. The molecule has 5 nitrogen and oxygen atoms in total. The molecule has 3 aromatic carbocycles. The van der Waals surface area contributed by atoms with Crippen molar-refractivity contribution in [2.45, 2.75) is 19.4 Å². The topological polar surface area (TPSA) is 56.1 Å². The zero-order valence-electron chi connectivity index (χ0n) is 18.6. The zero-order valence-corrected chi connectivity index (χ0v) is 19.3. The molecule has 1 saturated heterocycles. The predicted molar refractivity (Wildman–Crippen MR) is 134 cm³/mol. The van der Waals surface area contributed by atoms with Crippen LogP contribution in [0.2, 0.25) is 5.02 Å². The normalized spacial score (nSPS) is 16.1. The van der Waals surface area contributed by atoms with Crippen molar-refractivity contribution in [3.63, 3.8) is 0 Å². The summed E-state index contributed by atoms with van der Waals surface area (Å²) in [4.78, 5) is 18.8.